The second-order valence-corrected chi connectivity index (χ2v) is 5.61. The fraction of sp³-hybridized carbons (Fsp3) is 0.294. The van der Waals surface area contributed by atoms with E-state index in [9.17, 15) is 0 Å². The van der Waals surface area contributed by atoms with Gasteiger partial charge >= 0.3 is 0 Å². The van der Waals surface area contributed by atoms with Crippen LogP contribution in [0.2, 0.25) is 5.02 Å². The van der Waals surface area contributed by atoms with Crippen molar-refractivity contribution in [1.82, 2.24) is 0 Å². The number of halogens is 1. The Bertz CT molecular complexity index is 602. The fourth-order valence-electron chi connectivity index (χ4n) is 2.23. The number of benzene rings is 2. The Kier molecular flexibility index (Phi) is 4.16. The predicted molar refractivity (Wildman–Crippen MR) is 84.2 cm³/mol. The monoisotopic (exact) mass is 273 g/mol. The number of anilines is 1. The largest absolute Gasteiger partial charge is 0.381 e. The summed E-state index contributed by atoms with van der Waals surface area (Å²) in [6, 6.07) is 10.5. The lowest BCUT2D eigenvalue weighted by atomic mass is 10.0. The van der Waals surface area contributed by atoms with Gasteiger partial charge in [0.2, 0.25) is 0 Å². The molecule has 0 heterocycles. The third-order valence-corrected chi connectivity index (χ3v) is 3.85. The average molecular weight is 274 g/mol. The van der Waals surface area contributed by atoms with Crippen LogP contribution < -0.4 is 5.32 Å². The lowest BCUT2D eigenvalue weighted by Crippen LogP contribution is -2.03. The van der Waals surface area contributed by atoms with Crippen molar-refractivity contribution in [3.8, 4) is 0 Å². The number of aryl methyl sites for hydroxylation is 4. The van der Waals surface area contributed by atoms with Gasteiger partial charge in [-0.3, -0.25) is 0 Å². The van der Waals surface area contributed by atoms with Crippen LogP contribution in [0.4, 0.5) is 5.69 Å². The highest BCUT2D eigenvalue weighted by Crippen LogP contribution is 2.21. The summed E-state index contributed by atoms with van der Waals surface area (Å²) in [4.78, 5) is 0. The van der Waals surface area contributed by atoms with Crippen molar-refractivity contribution >= 4 is 17.3 Å². The van der Waals surface area contributed by atoms with E-state index < -0.39 is 0 Å². The molecule has 0 unspecified atom stereocenters. The van der Waals surface area contributed by atoms with E-state index in [1.165, 1.54) is 27.8 Å². The zero-order chi connectivity index (χ0) is 14.0. The van der Waals surface area contributed by atoms with Gasteiger partial charge in [-0.05, 0) is 73.7 Å². The van der Waals surface area contributed by atoms with Gasteiger partial charge in [0.1, 0.15) is 0 Å². The quantitative estimate of drug-likeness (QED) is 0.812. The molecule has 0 aliphatic heterocycles. The van der Waals surface area contributed by atoms with Gasteiger partial charge in [-0.15, -0.1) is 0 Å². The molecular formula is C17H20ClN. The second-order valence-electron chi connectivity index (χ2n) is 5.18. The van der Waals surface area contributed by atoms with E-state index in [1.54, 1.807) is 0 Å². The summed E-state index contributed by atoms with van der Waals surface area (Å²) in [7, 11) is 0. The molecule has 2 aromatic carbocycles. The van der Waals surface area contributed by atoms with Gasteiger partial charge in [0.05, 0.1) is 0 Å². The first-order chi connectivity index (χ1) is 8.97. The fourth-order valence-corrected chi connectivity index (χ4v) is 2.45. The maximum Gasteiger partial charge on any atom is 0.0410 e. The van der Waals surface area contributed by atoms with Crippen molar-refractivity contribution in [2.24, 2.45) is 0 Å². The standard InChI is InChI=1S/C17H20ClN/c1-11-7-13(3)15(8-12(11)2)10-19-17-6-5-16(18)9-14(17)4/h5-9,19H,10H2,1-4H3. The molecule has 2 rings (SSSR count). The van der Waals surface area contributed by atoms with Crippen molar-refractivity contribution in [3.63, 3.8) is 0 Å². The summed E-state index contributed by atoms with van der Waals surface area (Å²) < 4.78 is 0. The van der Waals surface area contributed by atoms with Crippen molar-refractivity contribution in [1.29, 1.82) is 0 Å². The molecule has 0 aliphatic carbocycles. The SMILES string of the molecule is Cc1cc(C)c(CNc2ccc(Cl)cc2C)cc1C. The van der Waals surface area contributed by atoms with Crippen LogP contribution in [-0.4, -0.2) is 0 Å². The molecular weight excluding hydrogens is 254 g/mol. The van der Waals surface area contributed by atoms with Gasteiger partial charge in [-0.25, -0.2) is 0 Å². The summed E-state index contributed by atoms with van der Waals surface area (Å²) in [5.74, 6) is 0. The van der Waals surface area contributed by atoms with Gasteiger partial charge in [-0.1, -0.05) is 23.7 Å². The summed E-state index contributed by atoms with van der Waals surface area (Å²) >= 11 is 5.97. The molecule has 0 amide bonds. The van der Waals surface area contributed by atoms with Crippen LogP contribution in [-0.2, 0) is 6.54 Å². The highest BCUT2D eigenvalue weighted by molar-refractivity contribution is 6.30. The summed E-state index contributed by atoms with van der Waals surface area (Å²) in [5.41, 5.74) is 7.69. The zero-order valence-electron chi connectivity index (χ0n) is 12.0. The van der Waals surface area contributed by atoms with Crippen LogP contribution in [0.25, 0.3) is 0 Å². The minimum atomic E-state index is 0.783. The van der Waals surface area contributed by atoms with Crippen molar-refractivity contribution in [2.45, 2.75) is 34.2 Å². The Balaban J connectivity index is 2.16. The summed E-state index contributed by atoms with van der Waals surface area (Å²) in [6.45, 7) is 9.39. The number of nitrogens with one attached hydrogen (secondary N) is 1. The van der Waals surface area contributed by atoms with Gasteiger partial charge < -0.3 is 5.32 Å². The molecule has 1 N–H and O–H groups in total. The topological polar surface area (TPSA) is 12.0 Å². The summed E-state index contributed by atoms with van der Waals surface area (Å²) in [5, 5.41) is 4.27. The molecule has 19 heavy (non-hydrogen) atoms. The molecule has 2 aromatic rings. The maximum absolute atomic E-state index is 5.97. The minimum absolute atomic E-state index is 0.783. The zero-order valence-corrected chi connectivity index (χ0v) is 12.7. The predicted octanol–water partition coefficient (Wildman–Crippen LogP) is 5.19. The van der Waals surface area contributed by atoms with Crippen LogP contribution >= 0.6 is 11.6 Å². The number of rotatable bonds is 3. The first-order valence-corrected chi connectivity index (χ1v) is 6.92. The smallest absolute Gasteiger partial charge is 0.0410 e. The Morgan fingerprint density at radius 2 is 1.53 bits per heavy atom. The third-order valence-electron chi connectivity index (χ3n) is 3.61. The maximum atomic E-state index is 5.97. The minimum Gasteiger partial charge on any atom is -0.381 e. The van der Waals surface area contributed by atoms with E-state index >= 15 is 0 Å². The van der Waals surface area contributed by atoms with Crippen molar-refractivity contribution in [2.75, 3.05) is 5.32 Å². The molecule has 2 heteroatoms. The third kappa shape index (κ3) is 3.30. The van der Waals surface area contributed by atoms with E-state index in [0.29, 0.717) is 0 Å². The van der Waals surface area contributed by atoms with Gasteiger partial charge in [-0.2, -0.15) is 0 Å². The highest BCUT2D eigenvalue weighted by atomic mass is 35.5. The molecule has 0 aromatic heterocycles. The van der Waals surface area contributed by atoms with Crippen LogP contribution in [0, 0.1) is 27.7 Å². The van der Waals surface area contributed by atoms with Crippen molar-refractivity contribution < 1.29 is 0 Å². The first-order valence-electron chi connectivity index (χ1n) is 6.54. The van der Waals surface area contributed by atoms with Gasteiger partial charge in [0.15, 0.2) is 0 Å². The molecule has 0 bridgehead atoms. The Morgan fingerprint density at radius 3 is 2.21 bits per heavy atom. The van der Waals surface area contributed by atoms with Crippen LogP contribution in [0.15, 0.2) is 30.3 Å². The van der Waals surface area contributed by atoms with Crippen LogP contribution in [0.3, 0.4) is 0 Å². The van der Waals surface area contributed by atoms with E-state index in [4.69, 9.17) is 11.6 Å². The molecule has 1 nitrogen and oxygen atoms in total. The van der Waals surface area contributed by atoms with E-state index in [-0.39, 0.29) is 0 Å². The normalized spacial score (nSPS) is 10.6. The second kappa shape index (κ2) is 5.66. The molecule has 0 saturated heterocycles. The number of hydrogen-bond acceptors (Lipinski definition) is 1. The Labute approximate surface area is 120 Å². The summed E-state index contributed by atoms with van der Waals surface area (Å²) in [6.07, 6.45) is 0. The van der Waals surface area contributed by atoms with Crippen molar-refractivity contribution in [3.05, 3.63) is 63.2 Å². The van der Waals surface area contributed by atoms with E-state index in [2.05, 4.69) is 45.1 Å². The molecule has 100 valence electrons. The van der Waals surface area contributed by atoms with E-state index in [0.717, 1.165) is 17.3 Å². The highest BCUT2D eigenvalue weighted by Gasteiger charge is 2.03. The van der Waals surface area contributed by atoms with Gasteiger partial charge in [0, 0.05) is 17.3 Å². The molecule has 0 radical (unpaired) electrons. The van der Waals surface area contributed by atoms with Crippen LogP contribution in [0.1, 0.15) is 27.8 Å². The van der Waals surface area contributed by atoms with Crippen LogP contribution in [0.5, 0.6) is 0 Å². The Morgan fingerprint density at radius 1 is 0.842 bits per heavy atom. The molecule has 0 spiro atoms. The molecule has 0 atom stereocenters. The molecule has 0 saturated carbocycles. The lowest BCUT2D eigenvalue weighted by molar-refractivity contribution is 1.09. The lowest BCUT2D eigenvalue weighted by Gasteiger charge is -2.13. The van der Waals surface area contributed by atoms with Gasteiger partial charge in [0.25, 0.3) is 0 Å². The first kappa shape index (κ1) is 14.0. The average Bonchev–Trinajstić information content (AvgIpc) is 2.34. The van der Waals surface area contributed by atoms with E-state index in [1.807, 2.05) is 18.2 Å². The Hall–Kier alpha value is -1.47. The molecule has 0 fully saturated rings. The molecule has 0 aliphatic rings. The number of hydrogen-bond donors (Lipinski definition) is 1.